The van der Waals surface area contributed by atoms with Crippen LogP contribution in [0, 0.1) is 55.4 Å². The maximum absolute atomic E-state index is 13.0. The van der Waals surface area contributed by atoms with Gasteiger partial charge in [0.1, 0.15) is 6.73 Å². The number of para-hydroxylation sites is 4. The third-order valence-electron chi connectivity index (χ3n) is 17.5. The fourth-order valence-corrected chi connectivity index (χ4v) is 15.0. The van der Waals surface area contributed by atoms with E-state index in [0.717, 1.165) is 124 Å². The Hall–Kier alpha value is -10.0. The topological polar surface area (TPSA) is 176 Å². The second-order valence-electron chi connectivity index (χ2n) is 26.9. The molecular weight excluding hydrogens is 1430 g/mol. The molecule has 0 saturated heterocycles. The summed E-state index contributed by atoms with van der Waals surface area (Å²) >= 11 is 6.44. The molecule has 0 bridgehead atoms. The van der Waals surface area contributed by atoms with Crippen molar-refractivity contribution in [1.82, 2.24) is 19.9 Å². The summed E-state index contributed by atoms with van der Waals surface area (Å²) < 4.78 is 20.3. The summed E-state index contributed by atoms with van der Waals surface area (Å²) in [5.41, 5.74) is 17.9. The number of anilines is 4. The number of aryl methyl sites for hydroxylation is 8. The quantitative estimate of drug-likeness (QED) is 0.00975. The Bertz CT molecular complexity index is 4900. The molecule has 0 aliphatic rings. The molecular formula is C88H102N12O5S4. The van der Waals surface area contributed by atoms with Crippen LogP contribution in [0.2, 0.25) is 0 Å². The van der Waals surface area contributed by atoms with Crippen LogP contribution in [0.15, 0.2) is 203 Å². The van der Waals surface area contributed by atoms with Gasteiger partial charge in [0, 0.05) is 32.2 Å². The van der Waals surface area contributed by atoms with Gasteiger partial charge in [0.25, 0.3) is 0 Å². The number of unbranched alkanes of at least 4 members (excludes halogenated alkanes) is 7. The summed E-state index contributed by atoms with van der Waals surface area (Å²) in [6, 6.07) is 58.0. The first-order valence-electron chi connectivity index (χ1n) is 37.3. The van der Waals surface area contributed by atoms with Gasteiger partial charge in [0.15, 0.2) is 0 Å². The molecule has 0 aliphatic heterocycles. The number of fused-ring (bicyclic) bond motifs is 4. The highest BCUT2D eigenvalue weighted by atomic mass is 32.1. The molecule has 12 aromatic rings. The van der Waals surface area contributed by atoms with Crippen molar-refractivity contribution >= 4 is 143 Å². The van der Waals surface area contributed by atoms with Crippen LogP contribution in [-0.4, -0.2) is 103 Å². The Balaban J connectivity index is 0.000000168. The molecule has 17 nitrogen and oxygen atoms in total. The first-order valence-corrected chi connectivity index (χ1v) is 40.5. The highest BCUT2D eigenvalue weighted by Crippen LogP contribution is 2.34. The summed E-state index contributed by atoms with van der Waals surface area (Å²) in [5.74, 6) is -0.357. The van der Waals surface area contributed by atoms with Crippen LogP contribution >= 0.6 is 45.3 Å². The van der Waals surface area contributed by atoms with Crippen molar-refractivity contribution in [3.8, 4) is 0 Å². The number of hydrogen-bond donors (Lipinski definition) is 0. The van der Waals surface area contributed by atoms with Gasteiger partial charge in [0.05, 0.1) is 85.5 Å². The monoisotopic (exact) mass is 1530 g/mol. The molecule has 0 spiro atoms. The van der Waals surface area contributed by atoms with Gasteiger partial charge >= 0.3 is 5.97 Å². The molecule has 0 fully saturated rings. The van der Waals surface area contributed by atoms with Gasteiger partial charge in [-0.3, -0.25) is 4.79 Å². The zero-order valence-electron chi connectivity index (χ0n) is 65.0. The normalized spacial score (nSPS) is 11.4. The lowest BCUT2D eigenvalue weighted by molar-refractivity contribution is -0.137. The number of aromatic nitrogens is 4. The van der Waals surface area contributed by atoms with Crippen LogP contribution in [0.25, 0.3) is 40.9 Å². The van der Waals surface area contributed by atoms with Gasteiger partial charge in [-0.1, -0.05) is 235 Å². The zero-order chi connectivity index (χ0) is 77.4. The number of nitrogens with zero attached hydrogens (tertiary/aromatic N) is 12. The van der Waals surface area contributed by atoms with Gasteiger partial charge in [-0.25, -0.2) is 39.8 Å². The van der Waals surface area contributed by atoms with Crippen LogP contribution in [0.5, 0.6) is 0 Å². The standard InChI is InChI=1S/C25H29N3O2S.C24H29N3OS.C20H23N3O2S.C19H21N3S/c1-4-24(29)30-16-10-6-5-9-15-28(25-27-22-11-7-8-12-23(22)31-25)26-18-21-17-19(2)13-14-20(21)3;1-4-5-6-7-8-13-23(28)27(24-26-21-11-9-10-12-22(21)29-24)25-17-20-16-18(2)14-15-19(20)3;1-15-8-9-16(2)17(12-15)13-21-23(14-25-11-10-24-3)20-22-18-6-4-5-7-19(18)26-20;1-13(2)22(19-21-17-7-5-6-8-18(17)23-19)20-12-16-11-14(3)9-10-15(16)4/h4,7-8,11-14,17-18H,1,5-6,9-10,15-16H2,2-3H3;9-12,14-17H,4-8,13H2,1-3H3;4-9,12-13H,10-11,14H2,1-3H3;5-13H,1-4H3/b26-18+;25-17+;21-13+;20-12+. The molecule has 8 aromatic carbocycles. The van der Waals surface area contributed by atoms with Crippen molar-refractivity contribution in [1.29, 1.82) is 0 Å². The van der Waals surface area contributed by atoms with E-state index in [0.29, 0.717) is 38.1 Å². The van der Waals surface area contributed by atoms with Crippen molar-refractivity contribution in [3.05, 3.63) is 249 Å². The van der Waals surface area contributed by atoms with Gasteiger partial charge in [-0.15, -0.1) is 0 Å². The second kappa shape index (κ2) is 43.3. The Morgan fingerprint density at radius 1 is 0.450 bits per heavy atom. The molecule has 0 unspecified atom stereocenters. The Morgan fingerprint density at radius 3 is 1.30 bits per heavy atom. The summed E-state index contributed by atoms with van der Waals surface area (Å²) in [6.07, 6.45) is 18.6. The number of carbonyl (C=O) groups is 2. The van der Waals surface area contributed by atoms with E-state index >= 15 is 0 Å². The molecule has 568 valence electrons. The minimum atomic E-state index is -0.359. The maximum atomic E-state index is 13.0. The van der Waals surface area contributed by atoms with E-state index in [2.05, 4.69) is 194 Å². The average Bonchev–Trinajstić information content (AvgIpc) is 1.75. The van der Waals surface area contributed by atoms with Gasteiger partial charge in [-0.2, -0.15) is 25.4 Å². The van der Waals surface area contributed by atoms with E-state index in [1.807, 2.05) is 108 Å². The Kier molecular flexibility index (Phi) is 33.0. The van der Waals surface area contributed by atoms with Crippen LogP contribution in [0.1, 0.15) is 152 Å². The Morgan fingerprint density at radius 2 is 0.844 bits per heavy atom. The van der Waals surface area contributed by atoms with Crippen LogP contribution in [0.4, 0.5) is 20.5 Å². The number of hydrazone groups is 4. The SMILES string of the molecule is C=CC(=O)OCCCCCCN(/N=C/c1cc(C)ccc1C)c1nc2ccccc2s1.CCCCCCCC(=O)N(/N=C/c1cc(C)ccc1C)c1nc2ccccc2s1.COCCOCN(/N=C/c1cc(C)ccc1C)c1nc2ccccc2s1.Cc1ccc(C)c(/C=N/N(c2nc3ccccc3s2)C(C)C)c1. The fraction of sp³-hybridized carbons (Fsp3) is 0.318. The summed E-state index contributed by atoms with van der Waals surface area (Å²) in [6.45, 7) is 29.2. The number of amides is 1. The second-order valence-corrected chi connectivity index (χ2v) is 31.0. The first-order chi connectivity index (χ1) is 52.9. The zero-order valence-corrected chi connectivity index (χ0v) is 68.3. The molecule has 4 heterocycles. The molecule has 21 heteroatoms. The lowest BCUT2D eigenvalue weighted by Crippen LogP contribution is -2.25. The van der Waals surface area contributed by atoms with Gasteiger partial charge < -0.3 is 14.2 Å². The molecule has 1 amide bonds. The lowest BCUT2D eigenvalue weighted by atomic mass is 10.1. The molecule has 12 rings (SSSR count). The predicted octanol–water partition coefficient (Wildman–Crippen LogP) is 22.2. The van der Waals surface area contributed by atoms with Crippen LogP contribution in [-0.2, 0) is 23.8 Å². The van der Waals surface area contributed by atoms with E-state index < -0.39 is 0 Å². The number of esters is 1. The van der Waals surface area contributed by atoms with E-state index in [4.69, 9.17) is 34.4 Å². The summed E-state index contributed by atoms with van der Waals surface area (Å²) in [4.78, 5) is 42.9. The molecule has 4 aromatic heterocycles. The van der Waals surface area contributed by atoms with E-state index in [-0.39, 0.29) is 17.9 Å². The van der Waals surface area contributed by atoms with Gasteiger partial charge in [0.2, 0.25) is 26.4 Å². The third-order valence-corrected chi connectivity index (χ3v) is 21.7. The maximum Gasteiger partial charge on any atom is 0.330 e. The van der Waals surface area contributed by atoms with Gasteiger partial charge in [-0.05, 0) is 188 Å². The van der Waals surface area contributed by atoms with E-state index in [9.17, 15) is 9.59 Å². The molecule has 109 heavy (non-hydrogen) atoms. The highest BCUT2D eigenvalue weighted by Gasteiger charge is 2.21. The minimum absolute atomic E-state index is 0.00195. The first kappa shape index (κ1) is 83.0. The number of benzene rings is 8. The van der Waals surface area contributed by atoms with Crippen molar-refractivity contribution in [2.24, 2.45) is 20.4 Å². The van der Waals surface area contributed by atoms with Crippen molar-refractivity contribution < 1.29 is 23.8 Å². The highest BCUT2D eigenvalue weighted by molar-refractivity contribution is 7.23. The largest absolute Gasteiger partial charge is 0.463 e. The molecule has 0 saturated carbocycles. The molecule has 0 radical (unpaired) electrons. The molecule has 0 atom stereocenters. The van der Waals surface area contributed by atoms with Crippen molar-refractivity contribution in [2.75, 3.05) is 60.2 Å². The molecule has 0 N–H and O–H groups in total. The number of methoxy groups -OCH3 is 1. The Labute approximate surface area is 659 Å². The number of hydrogen-bond acceptors (Lipinski definition) is 20. The predicted molar refractivity (Wildman–Crippen MR) is 463 cm³/mol. The third kappa shape index (κ3) is 25.8. The summed E-state index contributed by atoms with van der Waals surface area (Å²) in [5, 5.41) is 29.3. The lowest BCUT2D eigenvalue weighted by Gasteiger charge is -2.20. The number of thiazole rings is 4. The molecule has 0 aliphatic carbocycles. The summed E-state index contributed by atoms with van der Waals surface area (Å²) in [7, 11) is 1.66. The smallest absolute Gasteiger partial charge is 0.330 e. The fourth-order valence-electron chi connectivity index (χ4n) is 11.1. The van der Waals surface area contributed by atoms with Crippen molar-refractivity contribution in [2.45, 2.75) is 146 Å². The number of carbonyl (C=O) groups excluding carboxylic acids is 2. The van der Waals surface area contributed by atoms with Crippen LogP contribution in [0.3, 0.4) is 0 Å². The number of ether oxygens (including phenoxy) is 3. The van der Waals surface area contributed by atoms with E-state index in [1.54, 1.807) is 52.3 Å². The van der Waals surface area contributed by atoms with Crippen molar-refractivity contribution in [3.63, 3.8) is 0 Å². The minimum Gasteiger partial charge on any atom is -0.463 e. The van der Waals surface area contributed by atoms with E-state index in [1.165, 1.54) is 85.3 Å². The average molecular weight is 1540 g/mol. The number of rotatable bonds is 32. The van der Waals surface area contributed by atoms with Crippen LogP contribution < -0.4 is 20.0 Å².